The number of benzene rings is 2. The monoisotopic (exact) mass is 423 g/mol. The van der Waals surface area contributed by atoms with Gasteiger partial charge in [0.2, 0.25) is 0 Å². The lowest BCUT2D eigenvalue weighted by Crippen LogP contribution is -2.07. The molecule has 0 amide bonds. The summed E-state index contributed by atoms with van der Waals surface area (Å²) in [5.41, 5.74) is 7.40. The second-order valence-corrected chi connectivity index (χ2v) is 7.57. The predicted octanol–water partition coefficient (Wildman–Crippen LogP) is 4.57. The number of nitrogen functional groups attached to an aromatic ring is 1. The number of hydrogen-bond donors (Lipinski definition) is 1. The van der Waals surface area contributed by atoms with Crippen molar-refractivity contribution in [1.29, 1.82) is 0 Å². The van der Waals surface area contributed by atoms with E-state index in [0.29, 0.717) is 39.4 Å². The van der Waals surface area contributed by atoms with Crippen molar-refractivity contribution in [2.24, 2.45) is 0 Å². The Morgan fingerprint density at radius 1 is 1.10 bits per heavy atom. The van der Waals surface area contributed by atoms with Crippen molar-refractivity contribution in [3.05, 3.63) is 70.6 Å². The number of pyridine rings is 1. The second-order valence-electron chi connectivity index (χ2n) is 6.59. The summed E-state index contributed by atoms with van der Waals surface area (Å²) in [4.78, 5) is 20.6. The highest BCUT2D eigenvalue weighted by molar-refractivity contribution is 7.09. The number of nitrogens with zero attached hydrogens (tertiary/aromatic N) is 2. The molecule has 30 heavy (non-hydrogen) atoms. The summed E-state index contributed by atoms with van der Waals surface area (Å²) in [7, 11) is 1.53. The first-order chi connectivity index (χ1) is 14.5. The van der Waals surface area contributed by atoms with Crippen LogP contribution in [0, 0.1) is 5.82 Å². The van der Waals surface area contributed by atoms with Crippen LogP contribution in [0.5, 0.6) is 17.2 Å². The fraction of sp³-hybridized carbons (Fsp3) is 0.136. The molecular weight excluding hydrogens is 405 g/mol. The van der Waals surface area contributed by atoms with Crippen molar-refractivity contribution >= 4 is 33.7 Å². The number of anilines is 1. The number of aromatic nitrogens is 2. The van der Waals surface area contributed by atoms with Crippen LogP contribution < -0.4 is 15.2 Å². The fourth-order valence-electron chi connectivity index (χ4n) is 3.08. The molecule has 4 aromatic rings. The molecule has 0 atom stereocenters. The van der Waals surface area contributed by atoms with Crippen LogP contribution in [0.15, 0.2) is 54.2 Å². The van der Waals surface area contributed by atoms with E-state index in [1.165, 1.54) is 24.5 Å². The normalized spacial score (nSPS) is 10.9. The van der Waals surface area contributed by atoms with Gasteiger partial charge in [0.1, 0.15) is 28.8 Å². The summed E-state index contributed by atoms with van der Waals surface area (Å²) < 4.78 is 25.7. The first-order valence-corrected chi connectivity index (χ1v) is 10.00. The summed E-state index contributed by atoms with van der Waals surface area (Å²) in [5, 5.41) is 3.21. The highest BCUT2D eigenvalue weighted by Gasteiger charge is 2.13. The minimum Gasteiger partial charge on any atom is -0.495 e. The van der Waals surface area contributed by atoms with Crippen molar-refractivity contribution in [2.45, 2.75) is 12.8 Å². The number of rotatable bonds is 7. The molecule has 6 nitrogen and oxygen atoms in total. The number of methoxy groups -OCH3 is 1. The molecule has 2 heterocycles. The lowest BCUT2D eigenvalue weighted by atomic mass is 10.1. The maximum Gasteiger partial charge on any atom is 0.144 e. The third kappa shape index (κ3) is 4.23. The van der Waals surface area contributed by atoms with Crippen molar-refractivity contribution in [1.82, 2.24) is 9.97 Å². The third-order valence-corrected chi connectivity index (χ3v) is 5.30. The Bertz CT molecular complexity index is 1210. The summed E-state index contributed by atoms with van der Waals surface area (Å²) in [6, 6.07) is 9.57. The maximum absolute atomic E-state index is 14.6. The van der Waals surface area contributed by atoms with E-state index in [1.54, 1.807) is 42.7 Å². The molecule has 0 saturated heterocycles. The van der Waals surface area contributed by atoms with Gasteiger partial charge in [-0.15, -0.1) is 11.3 Å². The van der Waals surface area contributed by atoms with Gasteiger partial charge in [0.25, 0.3) is 0 Å². The van der Waals surface area contributed by atoms with Crippen LogP contribution in [0.3, 0.4) is 0 Å². The molecule has 8 heteroatoms. The van der Waals surface area contributed by atoms with E-state index in [1.807, 2.05) is 5.38 Å². The molecule has 0 aliphatic heterocycles. The average molecular weight is 423 g/mol. The first-order valence-electron chi connectivity index (χ1n) is 9.12. The number of hydrogen-bond acceptors (Lipinski definition) is 7. The number of fused-ring (bicyclic) bond motifs is 1. The average Bonchev–Trinajstić information content (AvgIpc) is 3.23. The molecule has 0 bridgehead atoms. The molecule has 0 fully saturated rings. The Balaban J connectivity index is 1.54. The number of Topliss-reactive ketones (excluding diaryl/α,β-unsaturated/α-hetero) is 1. The number of nitrogens with two attached hydrogens (primary N) is 1. The topological polar surface area (TPSA) is 87.3 Å². The molecular formula is C22H18FN3O3S. The van der Waals surface area contributed by atoms with E-state index in [0.717, 1.165) is 5.01 Å². The fourth-order valence-corrected chi connectivity index (χ4v) is 3.72. The van der Waals surface area contributed by atoms with Crippen LogP contribution in [0.2, 0.25) is 0 Å². The van der Waals surface area contributed by atoms with Crippen LogP contribution >= 0.6 is 11.3 Å². The molecule has 4 rings (SSSR count). The number of carbonyl (C=O) groups excluding carboxylic acids is 1. The zero-order valence-corrected chi connectivity index (χ0v) is 16.9. The Hall–Kier alpha value is -3.52. The zero-order valence-electron chi connectivity index (χ0n) is 16.1. The minimum atomic E-state index is -0.500. The van der Waals surface area contributed by atoms with Gasteiger partial charge in [-0.3, -0.25) is 9.78 Å². The van der Waals surface area contributed by atoms with Gasteiger partial charge >= 0.3 is 0 Å². The lowest BCUT2D eigenvalue weighted by molar-refractivity contribution is -0.117. The van der Waals surface area contributed by atoms with Gasteiger partial charge in [0.05, 0.1) is 29.7 Å². The van der Waals surface area contributed by atoms with Crippen LogP contribution in [-0.4, -0.2) is 22.9 Å². The molecule has 0 saturated carbocycles. The smallest absolute Gasteiger partial charge is 0.144 e. The molecule has 0 spiro atoms. The summed E-state index contributed by atoms with van der Waals surface area (Å²) in [6.45, 7) is 0. The summed E-state index contributed by atoms with van der Waals surface area (Å²) in [5.74, 6) is 0.721. The number of ketones is 1. The minimum absolute atomic E-state index is 0.000207. The zero-order chi connectivity index (χ0) is 21.1. The Labute approximate surface area is 176 Å². The molecule has 2 aromatic heterocycles. The van der Waals surface area contributed by atoms with E-state index >= 15 is 0 Å². The van der Waals surface area contributed by atoms with Crippen molar-refractivity contribution in [3.63, 3.8) is 0 Å². The molecule has 2 aromatic carbocycles. The van der Waals surface area contributed by atoms with Gasteiger partial charge in [-0.2, -0.15) is 0 Å². The van der Waals surface area contributed by atoms with Gasteiger partial charge in [-0.1, -0.05) is 6.07 Å². The number of halogens is 1. The molecule has 0 unspecified atom stereocenters. The predicted molar refractivity (Wildman–Crippen MR) is 114 cm³/mol. The van der Waals surface area contributed by atoms with Crippen LogP contribution in [0.4, 0.5) is 10.1 Å². The number of carbonyl (C=O) groups is 1. The standard InChI is InChI=1S/C22H18FN3O3S/c1-28-21-12-19-16(11-18(21)24)20(4-5-25-19)29-15-3-2-13(17(23)10-15)8-14(27)9-22-26-6-7-30-22/h2-7,10-12H,8-9,24H2,1H3. The molecule has 2 N–H and O–H groups in total. The van der Waals surface area contributed by atoms with Crippen LogP contribution in [0.1, 0.15) is 10.6 Å². The van der Waals surface area contributed by atoms with Gasteiger partial charge in [-0.05, 0) is 23.8 Å². The lowest BCUT2D eigenvalue weighted by Gasteiger charge is -2.12. The maximum atomic E-state index is 14.6. The number of thiazole rings is 1. The highest BCUT2D eigenvalue weighted by Crippen LogP contribution is 2.34. The van der Waals surface area contributed by atoms with Gasteiger partial charge in [-0.25, -0.2) is 9.37 Å². The van der Waals surface area contributed by atoms with Gasteiger partial charge in [0, 0.05) is 41.7 Å². The van der Waals surface area contributed by atoms with Crippen molar-refractivity contribution in [3.8, 4) is 17.2 Å². The Morgan fingerprint density at radius 3 is 2.70 bits per heavy atom. The van der Waals surface area contributed by atoms with E-state index in [-0.39, 0.29) is 18.6 Å². The first kappa shape index (κ1) is 19.8. The SMILES string of the molecule is COc1cc2nccc(Oc3ccc(CC(=O)Cc4nccs4)c(F)c3)c2cc1N. The molecule has 0 aliphatic carbocycles. The third-order valence-electron chi connectivity index (χ3n) is 4.52. The molecule has 0 radical (unpaired) electrons. The van der Waals surface area contributed by atoms with Crippen LogP contribution in [-0.2, 0) is 17.6 Å². The Morgan fingerprint density at radius 2 is 1.97 bits per heavy atom. The molecule has 152 valence electrons. The van der Waals surface area contributed by atoms with E-state index in [9.17, 15) is 9.18 Å². The molecule has 0 aliphatic rings. The van der Waals surface area contributed by atoms with E-state index in [4.69, 9.17) is 15.2 Å². The van der Waals surface area contributed by atoms with E-state index in [2.05, 4.69) is 9.97 Å². The Kier molecular flexibility index (Phi) is 5.58. The van der Waals surface area contributed by atoms with Crippen molar-refractivity contribution in [2.75, 3.05) is 12.8 Å². The summed E-state index contributed by atoms with van der Waals surface area (Å²) in [6.07, 6.45) is 3.44. The van der Waals surface area contributed by atoms with Gasteiger partial charge < -0.3 is 15.2 Å². The number of ether oxygens (including phenoxy) is 2. The van der Waals surface area contributed by atoms with Gasteiger partial charge in [0.15, 0.2) is 0 Å². The highest BCUT2D eigenvalue weighted by atomic mass is 32.1. The summed E-state index contributed by atoms with van der Waals surface area (Å²) >= 11 is 1.41. The second kappa shape index (κ2) is 8.46. The largest absolute Gasteiger partial charge is 0.495 e. The van der Waals surface area contributed by atoms with E-state index < -0.39 is 5.82 Å². The van der Waals surface area contributed by atoms with Crippen molar-refractivity contribution < 1.29 is 18.7 Å². The van der Waals surface area contributed by atoms with Crippen LogP contribution in [0.25, 0.3) is 10.9 Å². The quantitative estimate of drug-likeness (QED) is 0.438.